The maximum atomic E-state index is 12.5. The van der Waals surface area contributed by atoms with Gasteiger partial charge in [0, 0.05) is 24.2 Å². The van der Waals surface area contributed by atoms with Gasteiger partial charge in [0.25, 0.3) is 15.9 Å². The topological polar surface area (TPSA) is 103 Å². The number of sulfonamides is 1. The zero-order valence-electron chi connectivity index (χ0n) is 12.7. The van der Waals surface area contributed by atoms with Crippen molar-refractivity contribution in [2.24, 2.45) is 0 Å². The largest absolute Gasteiger partial charge is 0.477 e. The lowest BCUT2D eigenvalue weighted by Crippen LogP contribution is -2.31. The molecule has 0 fully saturated rings. The predicted octanol–water partition coefficient (Wildman–Crippen LogP) is 1.25. The van der Waals surface area contributed by atoms with Crippen LogP contribution in [0.15, 0.2) is 53.8 Å². The van der Waals surface area contributed by atoms with Crippen molar-refractivity contribution in [1.29, 1.82) is 0 Å². The van der Waals surface area contributed by atoms with Gasteiger partial charge in [0.05, 0.1) is 12.1 Å². The SMILES string of the molecule is CCOc1ncccc1S(=O)(=O)NC(=O)c1ccn2nccc2c1. The van der Waals surface area contributed by atoms with Crippen LogP contribution in [0.1, 0.15) is 17.3 Å². The van der Waals surface area contributed by atoms with Crippen molar-refractivity contribution in [3.8, 4) is 5.88 Å². The van der Waals surface area contributed by atoms with Gasteiger partial charge in [0.1, 0.15) is 4.90 Å². The van der Waals surface area contributed by atoms with Gasteiger partial charge in [-0.2, -0.15) is 5.10 Å². The maximum Gasteiger partial charge on any atom is 0.269 e. The Hall–Kier alpha value is -2.94. The lowest BCUT2D eigenvalue weighted by molar-refractivity contribution is 0.0981. The van der Waals surface area contributed by atoms with E-state index in [9.17, 15) is 13.2 Å². The molecule has 0 spiro atoms. The van der Waals surface area contributed by atoms with Gasteiger partial charge in [-0.15, -0.1) is 0 Å². The molecular weight excluding hydrogens is 332 g/mol. The summed E-state index contributed by atoms with van der Waals surface area (Å²) in [5, 5.41) is 4.02. The third-order valence-electron chi connectivity index (χ3n) is 3.20. The average molecular weight is 346 g/mol. The predicted molar refractivity (Wildman–Crippen MR) is 85.3 cm³/mol. The second kappa shape index (κ2) is 6.28. The van der Waals surface area contributed by atoms with Crippen LogP contribution in [0.4, 0.5) is 0 Å². The first kappa shape index (κ1) is 15.9. The quantitative estimate of drug-likeness (QED) is 0.746. The number of carbonyl (C=O) groups excluding carboxylic acids is 1. The number of hydrogen-bond donors (Lipinski definition) is 1. The molecule has 3 rings (SSSR count). The van der Waals surface area contributed by atoms with Crippen LogP contribution < -0.4 is 9.46 Å². The van der Waals surface area contributed by atoms with Gasteiger partial charge >= 0.3 is 0 Å². The van der Waals surface area contributed by atoms with Crippen molar-refractivity contribution in [3.63, 3.8) is 0 Å². The Morgan fingerprint density at radius 2 is 2.12 bits per heavy atom. The molecule has 1 N–H and O–H groups in total. The van der Waals surface area contributed by atoms with E-state index < -0.39 is 15.9 Å². The summed E-state index contributed by atoms with van der Waals surface area (Å²) in [6, 6.07) is 7.52. The maximum absolute atomic E-state index is 12.5. The molecular formula is C15H14N4O4S. The Balaban J connectivity index is 1.90. The molecule has 8 nitrogen and oxygen atoms in total. The minimum atomic E-state index is -4.11. The summed E-state index contributed by atoms with van der Waals surface area (Å²) >= 11 is 0. The minimum absolute atomic E-state index is 0.0495. The van der Waals surface area contributed by atoms with Crippen molar-refractivity contribution in [3.05, 3.63) is 54.5 Å². The molecule has 0 bridgehead atoms. The Labute approximate surface area is 138 Å². The van der Waals surface area contributed by atoms with E-state index in [1.807, 2.05) is 4.72 Å². The summed E-state index contributed by atoms with van der Waals surface area (Å²) in [5.41, 5.74) is 0.879. The van der Waals surface area contributed by atoms with Crippen molar-refractivity contribution < 1.29 is 17.9 Å². The molecule has 0 atom stereocenters. The Kier molecular flexibility index (Phi) is 4.17. The molecule has 0 saturated carbocycles. The molecule has 1 amide bonds. The highest BCUT2D eigenvalue weighted by Crippen LogP contribution is 2.20. The molecule has 0 unspecified atom stereocenters. The van der Waals surface area contributed by atoms with Crippen LogP contribution in [0.2, 0.25) is 0 Å². The number of hydrogen-bond acceptors (Lipinski definition) is 6. The van der Waals surface area contributed by atoms with Gasteiger partial charge in [-0.05, 0) is 37.3 Å². The number of ether oxygens (including phenoxy) is 1. The number of nitrogens with one attached hydrogen (secondary N) is 1. The van der Waals surface area contributed by atoms with Gasteiger partial charge in [-0.1, -0.05) is 0 Å². The zero-order chi connectivity index (χ0) is 17.2. The number of amides is 1. The van der Waals surface area contributed by atoms with Gasteiger partial charge in [-0.3, -0.25) is 4.79 Å². The van der Waals surface area contributed by atoms with E-state index >= 15 is 0 Å². The normalized spacial score (nSPS) is 11.4. The van der Waals surface area contributed by atoms with Crippen molar-refractivity contribution in [1.82, 2.24) is 19.3 Å². The standard InChI is InChI=1S/C15H14N4O4S/c1-2-23-15-13(4-3-7-16-15)24(21,22)18-14(20)11-6-9-19-12(10-11)5-8-17-19/h3-10H,2H2,1H3,(H,18,20). The summed E-state index contributed by atoms with van der Waals surface area (Å²) in [6.45, 7) is 1.97. The fourth-order valence-electron chi connectivity index (χ4n) is 2.12. The number of pyridine rings is 2. The minimum Gasteiger partial charge on any atom is -0.477 e. The molecule has 3 aromatic heterocycles. The Morgan fingerprint density at radius 1 is 1.29 bits per heavy atom. The molecule has 0 aromatic carbocycles. The summed E-state index contributed by atoms with van der Waals surface area (Å²) < 4.78 is 33.7. The highest BCUT2D eigenvalue weighted by Gasteiger charge is 2.23. The molecule has 0 aliphatic carbocycles. The average Bonchev–Trinajstić information content (AvgIpc) is 3.02. The van der Waals surface area contributed by atoms with Gasteiger partial charge in [-0.25, -0.2) is 22.6 Å². The molecule has 0 saturated heterocycles. The number of aromatic nitrogens is 3. The lowest BCUT2D eigenvalue weighted by Gasteiger charge is -2.10. The first-order valence-corrected chi connectivity index (χ1v) is 8.58. The van der Waals surface area contributed by atoms with E-state index in [2.05, 4.69) is 10.1 Å². The van der Waals surface area contributed by atoms with Gasteiger partial charge in [0.15, 0.2) is 0 Å². The first-order chi connectivity index (χ1) is 11.5. The summed E-state index contributed by atoms with van der Waals surface area (Å²) in [5.74, 6) is -0.795. The molecule has 24 heavy (non-hydrogen) atoms. The van der Waals surface area contributed by atoms with Crippen LogP contribution in [0, 0.1) is 0 Å². The third kappa shape index (κ3) is 3.06. The van der Waals surface area contributed by atoms with Crippen molar-refractivity contribution in [2.45, 2.75) is 11.8 Å². The van der Waals surface area contributed by atoms with Crippen LogP contribution in [0.5, 0.6) is 5.88 Å². The molecule has 0 aliphatic heterocycles. The second-order valence-electron chi connectivity index (χ2n) is 4.79. The van der Waals surface area contributed by atoms with Gasteiger partial charge in [0.2, 0.25) is 5.88 Å². The van der Waals surface area contributed by atoms with E-state index in [1.165, 1.54) is 24.4 Å². The zero-order valence-corrected chi connectivity index (χ0v) is 13.5. The first-order valence-electron chi connectivity index (χ1n) is 7.09. The van der Waals surface area contributed by atoms with Crippen LogP contribution in [-0.2, 0) is 10.0 Å². The number of fused-ring (bicyclic) bond motifs is 1. The lowest BCUT2D eigenvalue weighted by atomic mass is 10.2. The molecule has 3 aromatic rings. The van der Waals surface area contributed by atoms with Gasteiger partial charge < -0.3 is 4.74 Å². The smallest absolute Gasteiger partial charge is 0.269 e. The van der Waals surface area contributed by atoms with Crippen LogP contribution in [0.25, 0.3) is 5.52 Å². The van der Waals surface area contributed by atoms with E-state index in [1.54, 1.807) is 36.0 Å². The highest BCUT2D eigenvalue weighted by molar-refractivity contribution is 7.90. The van der Waals surface area contributed by atoms with Crippen LogP contribution in [-0.4, -0.2) is 35.5 Å². The van der Waals surface area contributed by atoms with E-state index in [4.69, 9.17) is 4.74 Å². The highest BCUT2D eigenvalue weighted by atomic mass is 32.2. The van der Waals surface area contributed by atoms with Crippen LogP contribution in [0.3, 0.4) is 0 Å². The third-order valence-corrected chi connectivity index (χ3v) is 4.54. The fraction of sp³-hybridized carbons (Fsp3) is 0.133. The second-order valence-corrected chi connectivity index (χ2v) is 6.44. The number of nitrogens with zero attached hydrogens (tertiary/aromatic N) is 3. The molecule has 0 aliphatic rings. The summed E-state index contributed by atoms with van der Waals surface area (Å²) in [4.78, 5) is 16.0. The molecule has 9 heteroatoms. The molecule has 0 radical (unpaired) electrons. The van der Waals surface area contributed by atoms with E-state index in [0.29, 0.717) is 5.52 Å². The summed E-state index contributed by atoms with van der Waals surface area (Å²) in [7, 11) is -4.11. The van der Waals surface area contributed by atoms with E-state index in [0.717, 1.165) is 0 Å². The molecule has 3 heterocycles. The van der Waals surface area contributed by atoms with Crippen molar-refractivity contribution >= 4 is 21.4 Å². The Morgan fingerprint density at radius 3 is 2.92 bits per heavy atom. The summed E-state index contributed by atoms with van der Waals surface area (Å²) in [6.07, 6.45) is 4.57. The molecule has 124 valence electrons. The Bertz CT molecular complexity index is 997. The number of carbonyl (C=O) groups is 1. The fourth-order valence-corrected chi connectivity index (χ4v) is 3.20. The van der Waals surface area contributed by atoms with Crippen molar-refractivity contribution in [2.75, 3.05) is 6.61 Å². The van der Waals surface area contributed by atoms with Crippen LogP contribution >= 0.6 is 0 Å². The van der Waals surface area contributed by atoms with E-state index in [-0.39, 0.29) is 22.9 Å². The monoisotopic (exact) mass is 346 g/mol. The number of rotatable bonds is 5.